The predicted molar refractivity (Wildman–Crippen MR) is 297 cm³/mol. The second-order valence-corrected chi connectivity index (χ2v) is 19.3. The van der Waals surface area contributed by atoms with Gasteiger partial charge in [-0.3, -0.25) is 29.1 Å². The molecule has 20 nitrogen and oxygen atoms in total. The minimum Gasteiger partial charge on any atom is -0.546 e. The average Bonchev–Trinajstić information content (AvgIpc) is 3.59. The maximum Gasteiger partial charge on any atom is 2.00 e. The van der Waals surface area contributed by atoms with Crippen LogP contribution in [0.4, 0.5) is 31.5 Å². The normalized spacial score (nSPS) is 13.1. The Morgan fingerprint density at radius 3 is 1.12 bits per heavy atom. The Kier molecular flexibility index (Phi) is 19.1. The van der Waals surface area contributed by atoms with Gasteiger partial charge in [0.05, 0.1) is 47.2 Å². The van der Waals surface area contributed by atoms with Gasteiger partial charge in [0.2, 0.25) is 23.6 Å². The minimum atomic E-state index is -1.38. The first-order valence-corrected chi connectivity index (χ1v) is 25.4. The fourth-order valence-corrected chi connectivity index (χ4v) is 8.68. The molecule has 6 aromatic carbocycles. The average molecular weight is 1200 g/mol. The van der Waals surface area contributed by atoms with Crippen LogP contribution in [0.2, 0.25) is 10.0 Å². The number of carboxylic acid groups (broad SMARTS) is 2. The Morgan fingerprint density at radius 2 is 0.807 bits per heavy atom. The molecule has 0 radical (unpaired) electrons. The maximum absolute atomic E-state index is 13.2. The SMILES string of the molecule is COc1cc2c(Oc3ccc(NC(=O)C4(C(=O)Nc5ccc(F)cc5)CC4)cc3Cl)ccnc2cc1OCC(=O)[O-].COc1cc2c(Oc3ccc(NC(=O)C4(C(=O)Nc5ccc(F)cc5)CC4)cc3Cl)ccnc2cc1OCC(=O)[O-].[Ca+2]. The van der Waals surface area contributed by atoms with Crippen LogP contribution in [0, 0.1) is 22.5 Å². The van der Waals surface area contributed by atoms with E-state index in [1.807, 2.05) is 0 Å². The van der Waals surface area contributed by atoms with Gasteiger partial charge >= 0.3 is 37.7 Å². The number of nitrogens with zero attached hydrogens (tertiary/aromatic N) is 2. The predicted octanol–water partition coefficient (Wildman–Crippen LogP) is 8.25. The van der Waals surface area contributed by atoms with Crippen molar-refractivity contribution in [3.63, 3.8) is 0 Å². The van der Waals surface area contributed by atoms with Crippen molar-refractivity contribution in [3.05, 3.63) is 155 Å². The number of rotatable bonds is 20. The number of pyridine rings is 2. The van der Waals surface area contributed by atoms with Crippen LogP contribution < -0.4 is 59.9 Å². The van der Waals surface area contributed by atoms with Gasteiger partial charge in [-0.1, -0.05) is 23.2 Å². The van der Waals surface area contributed by atoms with Crippen LogP contribution in [0.1, 0.15) is 25.7 Å². The maximum atomic E-state index is 13.2. The van der Waals surface area contributed by atoms with Crippen molar-refractivity contribution in [2.75, 3.05) is 48.7 Å². The van der Waals surface area contributed by atoms with Crippen LogP contribution >= 0.6 is 23.2 Å². The number of hydrogen-bond acceptors (Lipinski definition) is 16. The number of aromatic nitrogens is 2. The summed E-state index contributed by atoms with van der Waals surface area (Å²) in [4.78, 5) is 81.8. The number of hydrogen-bond donors (Lipinski definition) is 4. The molecule has 2 fully saturated rings. The van der Waals surface area contributed by atoms with Gasteiger partial charge in [0.1, 0.15) is 58.7 Å². The smallest absolute Gasteiger partial charge is 0.546 e. The third-order valence-corrected chi connectivity index (χ3v) is 13.5. The first-order valence-electron chi connectivity index (χ1n) is 24.7. The van der Waals surface area contributed by atoms with Crippen molar-refractivity contribution in [1.29, 1.82) is 0 Å². The van der Waals surface area contributed by atoms with Crippen molar-refractivity contribution >= 4 is 141 Å². The zero-order valence-electron chi connectivity index (χ0n) is 43.8. The van der Waals surface area contributed by atoms with Gasteiger partial charge in [-0.2, -0.15) is 0 Å². The van der Waals surface area contributed by atoms with Crippen molar-refractivity contribution in [3.8, 4) is 46.0 Å². The summed E-state index contributed by atoms with van der Waals surface area (Å²) in [7, 11) is 2.82. The van der Waals surface area contributed by atoms with Gasteiger partial charge in [-0.15, -0.1) is 0 Å². The molecular formula is C58H44CaCl2F2N6O14. The van der Waals surface area contributed by atoms with Gasteiger partial charge in [0.15, 0.2) is 23.0 Å². The van der Waals surface area contributed by atoms with Gasteiger partial charge in [-0.05, 0) is 135 Å². The van der Waals surface area contributed by atoms with Crippen LogP contribution in [0.3, 0.4) is 0 Å². The van der Waals surface area contributed by atoms with Crippen molar-refractivity contribution in [1.82, 2.24) is 9.97 Å². The Bertz CT molecular complexity index is 3570. The number of methoxy groups -OCH3 is 2. The molecule has 2 aromatic heterocycles. The number of nitrogens with one attached hydrogen (secondary N) is 4. The molecule has 0 atom stereocenters. The van der Waals surface area contributed by atoms with E-state index in [4.69, 9.17) is 51.6 Å². The van der Waals surface area contributed by atoms with E-state index in [9.17, 15) is 47.8 Å². The summed E-state index contributed by atoms with van der Waals surface area (Å²) in [6, 6.07) is 29.3. The molecule has 25 heteroatoms. The summed E-state index contributed by atoms with van der Waals surface area (Å²) in [6.07, 6.45) is 4.50. The van der Waals surface area contributed by atoms with E-state index in [1.165, 1.54) is 99.4 Å². The summed E-state index contributed by atoms with van der Waals surface area (Å²) in [5.74, 6) is -3.34. The standard InChI is InChI=1S/2C29H23ClFN3O7.Ca/c2*1-39-24-13-19-21(14-25(24)40-15-26(35)36)32-11-8-22(19)41-23-7-6-18(12-20(23)30)34-28(38)29(9-10-29)27(37)33-17-4-2-16(31)3-5-17;/h2*2-8,11-14H,9-10,15H2,1H3,(H,33,37)(H,34,38)(H,35,36);/q;;+2/p-2. The van der Waals surface area contributed by atoms with Gasteiger partial charge in [0, 0.05) is 58.0 Å². The van der Waals surface area contributed by atoms with Gasteiger partial charge in [0.25, 0.3) is 0 Å². The molecule has 83 heavy (non-hydrogen) atoms. The first-order chi connectivity index (χ1) is 39.4. The molecule has 2 saturated carbocycles. The number of amides is 4. The molecule has 420 valence electrons. The molecule has 8 aromatic rings. The number of benzene rings is 6. The Balaban J connectivity index is 0.000000214. The molecule has 0 saturated heterocycles. The van der Waals surface area contributed by atoms with Crippen LogP contribution in [-0.4, -0.2) is 111 Å². The number of carbonyl (C=O) groups excluding carboxylic acids is 6. The summed E-state index contributed by atoms with van der Waals surface area (Å²) in [5.41, 5.74) is -0.0440. The van der Waals surface area contributed by atoms with Gasteiger partial charge < -0.3 is 69.5 Å². The molecule has 4 N–H and O–H groups in total. The number of ether oxygens (including phenoxy) is 6. The van der Waals surface area contributed by atoms with Crippen molar-refractivity contribution in [2.24, 2.45) is 10.8 Å². The quantitative estimate of drug-likeness (QED) is 0.0413. The van der Waals surface area contributed by atoms with E-state index in [1.54, 1.807) is 48.5 Å². The molecule has 0 unspecified atom stereocenters. The minimum absolute atomic E-state index is 0. The van der Waals surface area contributed by atoms with Crippen LogP contribution in [0.25, 0.3) is 21.8 Å². The Hall–Kier alpha value is -8.54. The van der Waals surface area contributed by atoms with E-state index < -0.39 is 71.2 Å². The first kappa shape index (κ1) is 60.6. The molecule has 10 rings (SSSR count). The molecule has 2 aliphatic rings. The van der Waals surface area contributed by atoms with E-state index in [0.29, 0.717) is 81.7 Å². The van der Waals surface area contributed by atoms with Crippen LogP contribution in [-0.2, 0) is 28.8 Å². The van der Waals surface area contributed by atoms with Crippen LogP contribution in [0.5, 0.6) is 46.0 Å². The molecule has 0 bridgehead atoms. The number of anilines is 4. The second kappa shape index (κ2) is 26.1. The Labute approximate surface area is 510 Å². The van der Waals surface area contributed by atoms with Crippen LogP contribution in [0.15, 0.2) is 134 Å². The summed E-state index contributed by atoms with van der Waals surface area (Å²) in [5, 5.41) is 33.8. The Morgan fingerprint density at radius 1 is 0.470 bits per heavy atom. The van der Waals surface area contributed by atoms with E-state index >= 15 is 0 Å². The third kappa shape index (κ3) is 14.4. The number of halogens is 4. The summed E-state index contributed by atoms with van der Waals surface area (Å²) in [6.45, 7) is -1.31. The van der Waals surface area contributed by atoms with E-state index in [-0.39, 0.29) is 82.3 Å². The van der Waals surface area contributed by atoms with E-state index in [0.717, 1.165) is 0 Å². The molecule has 2 aliphatic carbocycles. The molecule has 2 heterocycles. The largest absolute Gasteiger partial charge is 2.00 e. The topological polar surface area (TPSA) is 278 Å². The molecule has 0 aliphatic heterocycles. The third-order valence-electron chi connectivity index (χ3n) is 12.9. The van der Waals surface area contributed by atoms with Crippen molar-refractivity contribution < 1.29 is 76.2 Å². The second-order valence-electron chi connectivity index (χ2n) is 18.5. The summed E-state index contributed by atoms with van der Waals surface area (Å²) >= 11 is 12.9. The number of fused-ring (bicyclic) bond motifs is 2. The monoisotopic (exact) mass is 1200 g/mol. The van der Waals surface area contributed by atoms with E-state index in [2.05, 4.69) is 31.2 Å². The van der Waals surface area contributed by atoms with Crippen molar-refractivity contribution in [2.45, 2.75) is 25.7 Å². The fraction of sp³-hybridized carbons (Fsp3) is 0.172. The number of carbonyl (C=O) groups is 6. The zero-order chi connectivity index (χ0) is 58.3. The number of carboxylic acids is 2. The molecule has 4 amide bonds. The number of aliphatic carboxylic acids is 2. The fourth-order valence-electron chi connectivity index (χ4n) is 8.25. The molecular weight excluding hydrogens is 1150 g/mol. The zero-order valence-corrected chi connectivity index (χ0v) is 47.5. The van der Waals surface area contributed by atoms with Gasteiger partial charge in [-0.25, -0.2) is 8.78 Å². The summed E-state index contributed by atoms with van der Waals surface area (Å²) < 4.78 is 59.5. The molecule has 0 spiro atoms.